The number of amides is 1. The van der Waals surface area contributed by atoms with Crippen LogP contribution in [0, 0.1) is 11.6 Å². The number of piperidine rings is 1. The zero-order chi connectivity index (χ0) is 21.3. The van der Waals surface area contributed by atoms with E-state index in [2.05, 4.69) is 11.9 Å². The van der Waals surface area contributed by atoms with Gasteiger partial charge < -0.3 is 4.90 Å². The van der Waals surface area contributed by atoms with Gasteiger partial charge in [0, 0.05) is 18.7 Å². The first-order valence-corrected chi connectivity index (χ1v) is 11.7. The summed E-state index contributed by atoms with van der Waals surface area (Å²) in [6.45, 7) is 2.81. The lowest BCUT2D eigenvalue weighted by Gasteiger charge is -2.35. The molecule has 4 rings (SSSR count). The van der Waals surface area contributed by atoms with Crippen LogP contribution in [0.5, 0.6) is 0 Å². The minimum atomic E-state index is -0.783. The molecule has 0 aliphatic carbocycles. The zero-order valence-electron chi connectivity index (χ0n) is 16.4. The third kappa shape index (κ3) is 4.13. The van der Waals surface area contributed by atoms with E-state index in [0.29, 0.717) is 10.2 Å². The second-order valence-corrected chi connectivity index (χ2v) is 9.09. The number of rotatable bonds is 5. The number of thiophene rings is 1. The molecular weight excluding hydrogens is 428 g/mol. The minimum absolute atomic E-state index is 0.0109. The van der Waals surface area contributed by atoms with Crippen LogP contribution < -0.4 is 5.56 Å². The highest BCUT2D eigenvalue weighted by Gasteiger charge is 2.26. The van der Waals surface area contributed by atoms with Gasteiger partial charge >= 0.3 is 0 Å². The summed E-state index contributed by atoms with van der Waals surface area (Å²) in [6, 6.07) is 4.90. The summed E-state index contributed by atoms with van der Waals surface area (Å²) >= 11 is 2.34. The Hall–Kier alpha value is -2.26. The first kappa shape index (κ1) is 21.0. The normalized spacial score (nSPS) is 16.9. The molecule has 1 aliphatic heterocycles. The van der Waals surface area contributed by atoms with E-state index in [1.165, 1.54) is 15.9 Å². The van der Waals surface area contributed by atoms with Crippen molar-refractivity contribution in [3.8, 4) is 5.69 Å². The monoisotopic (exact) mass is 449 g/mol. The van der Waals surface area contributed by atoms with Crippen LogP contribution in [-0.4, -0.2) is 38.7 Å². The lowest BCUT2D eigenvalue weighted by atomic mass is 10.0. The fraction of sp³-hybridized carbons (Fsp3) is 0.381. The van der Waals surface area contributed by atoms with Gasteiger partial charge in [-0.1, -0.05) is 18.7 Å². The Morgan fingerprint density at radius 1 is 1.27 bits per heavy atom. The third-order valence-electron chi connectivity index (χ3n) is 5.30. The lowest BCUT2D eigenvalue weighted by Crippen LogP contribution is -2.44. The highest BCUT2D eigenvalue weighted by Crippen LogP contribution is 2.26. The molecule has 158 valence electrons. The third-order valence-corrected chi connectivity index (χ3v) is 7.11. The fourth-order valence-corrected chi connectivity index (χ4v) is 5.51. The summed E-state index contributed by atoms with van der Waals surface area (Å²) in [7, 11) is 0. The van der Waals surface area contributed by atoms with Gasteiger partial charge in [-0.3, -0.25) is 14.2 Å². The molecule has 9 heteroatoms. The van der Waals surface area contributed by atoms with Crippen LogP contribution in [0.2, 0.25) is 0 Å². The number of hydrogen-bond acceptors (Lipinski definition) is 5. The maximum absolute atomic E-state index is 13.8. The number of aromatic nitrogens is 2. The number of halogens is 2. The van der Waals surface area contributed by atoms with Crippen LogP contribution in [0.15, 0.2) is 39.6 Å². The van der Waals surface area contributed by atoms with Crippen LogP contribution in [0.3, 0.4) is 0 Å². The molecule has 3 aromatic rings. The Labute approximate surface area is 180 Å². The number of likely N-dealkylation sites (tertiary alicyclic amines) is 1. The van der Waals surface area contributed by atoms with Crippen molar-refractivity contribution in [1.29, 1.82) is 0 Å². The van der Waals surface area contributed by atoms with Gasteiger partial charge in [0.1, 0.15) is 16.3 Å². The van der Waals surface area contributed by atoms with Gasteiger partial charge in [-0.2, -0.15) is 0 Å². The molecule has 1 fully saturated rings. The van der Waals surface area contributed by atoms with Gasteiger partial charge in [0.25, 0.3) is 5.56 Å². The smallest absolute Gasteiger partial charge is 0.276 e. The number of nitrogens with zero attached hydrogens (tertiary/aromatic N) is 3. The van der Waals surface area contributed by atoms with E-state index in [0.717, 1.165) is 62.2 Å². The number of carbonyl (C=O) groups is 1. The Kier molecular flexibility index (Phi) is 6.19. The largest absolute Gasteiger partial charge is 0.339 e. The van der Waals surface area contributed by atoms with Crippen molar-refractivity contribution in [1.82, 2.24) is 14.5 Å². The Bertz CT molecular complexity index is 1120. The molecule has 1 amide bonds. The van der Waals surface area contributed by atoms with E-state index in [1.807, 2.05) is 4.90 Å². The molecular formula is C21H21F2N3O2S2. The van der Waals surface area contributed by atoms with E-state index in [-0.39, 0.29) is 28.5 Å². The highest BCUT2D eigenvalue weighted by molar-refractivity contribution is 7.99. The van der Waals surface area contributed by atoms with Crippen molar-refractivity contribution >= 4 is 39.2 Å². The molecule has 5 nitrogen and oxygen atoms in total. The van der Waals surface area contributed by atoms with Crippen molar-refractivity contribution < 1.29 is 13.6 Å². The van der Waals surface area contributed by atoms with Gasteiger partial charge in [0.2, 0.25) is 5.91 Å². The summed E-state index contributed by atoms with van der Waals surface area (Å²) in [6.07, 6.45) is 4.01. The SMILES string of the molecule is CCC1CCCCN1C(=O)CSc1nc2ccsc2c(=O)n1-c1cc(F)cc(F)c1. The Balaban J connectivity index is 1.69. The standard InChI is InChI=1S/C21H21F2N3O2S2/c1-2-15-5-3-4-7-25(15)18(27)12-30-21-24-17-6-8-29-19(17)20(28)26(21)16-10-13(22)9-14(23)11-16/h6,8-11,15H,2-5,7,12H2,1H3. The summed E-state index contributed by atoms with van der Waals surface area (Å²) < 4.78 is 29.2. The average Bonchev–Trinajstić information content (AvgIpc) is 3.20. The fourth-order valence-electron chi connectivity index (χ4n) is 3.85. The molecule has 0 bridgehead atoms. The Morgan fingerprint density at radius 3 is 2.77 bits per heavy atom. The molecule has 1 atom stereocenters. The quantitative estimate of drug-likeness (QED) is 0.422. The number of fused-ring (bicyclic) bond motifs is 1. The minimum Gasteiger partial charge on any atom is -0.339 e. The molecule has 0 N–H and O–H groups in total. The van der Waals surface area contributed by atoms with Gasteiger partial charge in [0.05, 0.1) is 17.0 Å². The second-order valence-electron chi connectivity index (χ2n) is 7.23. The van der Waals surface area contributed by atoms with E-state index in [4.69, 9.17) is 0 Å². The molecule has 0 saturated carbocycles. The average molecular weight is 450 g/mol. The van der Waals surface area contributed by atoms with Crippen molar-refractivity contribution in [3.05, 3.63) is 51.6 Å². The second kappa shape index (κ2) is 8.85. The number of carbonyl (C=O) groups excluding carboxylic acids is 1. The molecule has 0 radical (unpaired) electrons. The van der Waals surface area contributed by atoms with Crippen LogP contribution in [0.4, 0.5) is 8.78 Å². The number of hydrogen-bond donors (Lipinski definition) is 0. The summed E-state index contributed by atoms with van der Waals surface area (Å²) in [5.74, 6) is -1.47. The number of thioether (sulfide) groups is 1. The van der Waals surface area contributed by atoms with E-state index in [9.17, 15) is 18.4 Å². The number of benzene rings is 1. The van der Waals surface area contributed by atoms with E-state index < -0.39 is 17.2 Å². The molecule has 1 aliphatic rings. The van der Waals surface area contributed by atoms with Crippen molar-refractivity contribution in [2.45, 2.75) is 43.8 Å². The van der Waals surface area contributed by atoms with Gasteiger partial charge in [-0.15, -0.1) is 11.3 Å². The molecule has 1 unspecified atom stereocenters. The first-order valence-electron chi connectivity index (χ1n) is 9.87. The predicted octanol–water partition coefficient (Wildman–Crippen LogP) is 4.61. The summed E-state index contributed by atoms with van der Waals surface area (Å²) in [5.41, 5.74) is 0.163. The highest BCUT2D eigenvalue weighted by atomic mass is 32.2. The van der Waals surface area contributed by atoms with Crippen LogP contribution in [-0.2, 0) is 4.79 Å². The Morgan fingerprint density at radius 2 is 2.03 bits per heavy atom. The summed E-state index contributed by atoms with van der Waals surface area (Å²) in [4.78, 5) is 32.3. The van der Waals surface area contributed by atoms with Crippen molar-refractivity contribution in [2.75, 3.05) is 12.3 Å². The molecule has 30 heavy (non-hydrogen) atoms. The van der Waals surface area contributed by atoms with Crippen LogP contribution in [0.1, 0.15) is 32.6 Å². The van der Waals surface area contributed by atoms with Gasteiger partial charge in [-0.25, -0.2) is 13.8 Å². The van der Waals surface area contributed by atoms with Crippen molar-refractivity contribution in [2.24, 2.45) is 0 Å². The maximum atomic E-state index is 13.8. The molecule has 2 aromatic heterocycles. The molecule has 1 aromatic carbocycles. The lowest BCUT2D eigenvalue weighted by molar-refractivity contribution is -0.132. The van der Waals surface area contributed by atoms with Gasteiger partial charge in [-0.05, 0) is 49.3 Å². The van der Waals surface area contributed by atoms with Crippen molar-refractivity contribution in [3.63, 3.8) is 0 Å². The molecule has 1 saturated heterocycles. The van der Waals surface area contributed by atoms with Crippen LogP contribution >= 0.6 is 23.1 Å². The summed E-state index contributed by atoms with van der Waals surface area (Å²) in [5, 5.41) is 1.99. The molecule has 0 spiro atoms. The van der Waals surface area contributed by atoms with E-state index >= 15 is 0 Å². The van der Waals surface area contributed by atoms with E-state index in [1.54, 1.807) is 11.4 Å². The first-order chi connectivity index (χ1) is 14.5. The zero-order valence-corrected chi connectivity index (χ0v) is 18.1. The maximum Gasteiger partial charge on any atom is 0.276 e. The van der Waals surface area contributed by atoms with Crippen LogP contribution in [0.25, 0.3) is 15.9 Å². The predicted molar refractivity (Wildman–Crippen MR) is 116 cm³/mol. The molecule has 3 heterocycles. The topological polar surface area (TPSA) is 55.2 Å². The van der Waals surface area contributed by atoms with Gasteiger partial charge in [0.15, 0.2) is 5.16 Å².